The van der Waals surface area contributed by atoms with Gasteiger partial charge in [-0.25, -0.2) is 13.2 Å². The van der Waals surface area contributed by atoms with Crippen molar-refractivity contribution in [1.29, 1.82) is 0 Å². The molecular weight excluding hydrogens is 733 g/mol. The third kappa shape index (κ3) is 9.10. The maximum atomic E-state index is 14.5. The van der Waals surface area contributed by atoms with Crippen LogP contribution in [-0.2, 0) is 28.7 Å². The summed E-state index contributed by atoms with van der Waals surface area (Å²) in [4.78, 5) is 27.4. The molecule has 298 valence electrons. The first kappa shape index (κ1) is 42.3. The van der Waals surface area contributed by atoms with Crippen LogP contribution >= 0.6 is 0 Å². The summed E-state index contributed by atoms with van der Waals surface area (Å²) in [5.41, 5.74) is 4.70. The molecular formula is C43H58N2O8SSi. The van der Waals surface area contributed by atoms with Gasteiger partial charge in [0.1, 0.15) is 5.75 Å². The van der Waals surface area contributed by atoms with Gasteiger partial charge in [0.05, 0.1) is 29.4 Å². The molecule has 0 spiro atoms. The topological polar surface area (TPSA) is 112 Å². The maximum absolute atomic E-state index is 14.5. The van der Waals surface area contributed by atoms with Gasteiger partial charge in [0.15, 0.2) is 6.61 Å². The lowest BCUT2D eigenvalue weighted by molar-refractivity contribution is -0.121. The molecule has 3 aromatic carbocycles. The number of hydrogen-bond donors (Lipinski definition) is 0. The molecule has 2 aliphatic rings. The Labute approximate surface area is 329 Å². The van der Waals surface area contributed by atoms with Gasteiger partial charge in [-0.2, -0.15) is 4.31 Å². The first-order chi connectivity index (χ1) is 26.1. The Hall–Kier alpha value is -3.81. The van der Waals surface area contributed by atoms with Crippen LogP contribution in [0, 0.1) is 12.8 Å². The highest BCUT2D eigenvalue weighted by atomic mass is 32.2. The molecule has 1 saturated heterocycles. The number of anilines is 1. The van der Waals surface area contributed by atoms with E-state index < -0.39 is 30.4 Å². The number of nitrogens with zero attached hydrogens (tertiary/aromatic N) is 2. The molecule has 0 radical (unpaired) electrons. The zero-order valence-corrected chi connectivity index (χ0v) is 35.6. The molecule has 0 unspecified atom stereocenters. The van der Waals surface area contributed by atoms with Crippen molar-refractivity contribution in [1.82, 2.24) is 4.31 Å². The number of esters is 1. The standard InChI is InChI=1S/C43H58N2O8SSi/c1-29(2)55(30(3)4,31(5)6)53-40-27-44(54(48,49)37-20-11-32(7)12-21-37)26-36(42(40)34-16-18-35(19-17-34)43(47)51-9)15-13-33-14-22-39-38(25-33)45(23-10-24-50-8)41(46)28-52-39/h11-22,25,29-31,36,40,42H,10,23-24,26-28H2,1-9H3/t36-,40+,42+/m0/s1. The summed E-state index contributed by atoms with van der Waals surface area (Å²) in [5.74, 6) is -0.475. The molecule has 1 fully saturated rings. The zero-order valence-electron chi connectivity index (χ0n) is 33.8. The predicted octanol–water partition coefficient (Wildman–Crippen LogP) is 8.22. The van der Waals surface area contributed by atoms with E-state index in [1.54, 1.807) is 40.6 Å². The molecule has 55 heavy (non-hydrogen) atoms. The molecule has 1 amide bonds. The second-order valence-electron chi connectivity index (χ2n) is 15.7. The fraction of sp³-hybridized carbons (Fsp3) is 0.488. The number of aryl methyl sites for hydroxylation is 1. The zero-order chi connectivity index (χ0) is 40.1. The third-order valence-corrected chi connectivity index (χ3v) is 19.3. The Kier molecular flexibility index (Phi) is 13.8. The van der Waals surface area contributed by atoms with E-state index in [1.165, 1.54) is 7.11 Å². The number of piperidine rings is 1. The van der Waals surface area contributed by atoms with Crippen molar-refractivity contribution in [3.63, 3.8) is 0 Å². The van der Waals surface area contributed by atoms with Crippen LogP contribution in [0.4, 0.5) is 5.69 Å². The van der Waals surface area contributed by atoms with Crippen LogP contribution in [0.15, 0.2) is 77.7 Å². The highest BCUT2D eigenvalue weighted by Gasteiger charge is 2.51. The fourth-order valence-electron chi connectivity index (χ4n) is 8.62. The average molecular weight is 791 g/mol. The molecule has 12 heteroatoms. The van der Waals surface area contributed by atoms with Gasteiger partial charge in [-0.3, -0.25) is 4.79 Å². The lowest BCUT2D eigenvalue weighted by atomic mass is 9.78. The molecule has 0 N–H and O–H groups in total. The minimum absolute atomic E-state index is 0.0195. The average Bonchev–Trinajstić information content (AvgIpc) is 3.16. The van der Waals surface area contributed by atoms with Crippen molar-refractivity contribution in [3.05, 3.63) is 95.1 Å². The molecule has 10 nitrogen and oxygen atoms in total. The van der Waals surface area contributed by atoms with E-state index in [0.29, 0.717) is 36.6 Å². The van der Waals surface area contributed by atoms with E-state index in [0.717, 1.165) is 16.7 Å². The van der Waals surface area contributed by atoms with Gasteiger partial charge in [0, 0.05) is 45.2 Å². The van der Waals surface area contributed by atoms with E-state index in [4.69, 9.17) is 18.6 Å². The van der Waals surface area contributed by atoms with Crippen LogP contribution < -0.4 is 9.64 Å². The number of rotatable bonds is 15. The van der Waals surface area contributed by atoms with E-state index in [1.807, 2.05) is 55.5 Å². The van der Waals surface area contributed by atoms with Crippen LogP contribution in [0.5, 0.6) is 5.75 Å². The smallest absolute Gasteiger partial charge is 0.337 e. The third-order valence-electron chi connectivity index (χ3n) is 11.3. The van der Waals surface area contributed by atoms with Crippen molar-refractivity contribution >= 4 is 42.0 Å². The van der Waals surface area contributed by atoms with Gasteiger partial charge in [-0.1, -0.05) is 89.6 Å². The van der Waals surface area contributed by atoms with E-state index in [9.17, 15) is 18.0 Å². The molecule has 0 saturated carbocycles. The highest BCUT2D eigenvalue weighted by molar-refractivity contribution is 7.89. The Morgan fingerprint density at radius 1 is 0.927 bits per heavy atom. The van der Waals surface area contributed by atoms with Gasteiger partial charge < -0.3 is 23.5 Å². The normalized spacial score (nSPS) is 19.7. The molecule has 0 bridgehead atoms. The van der Waals surface area contributed by atoms with Gasteiger partial charge in [0.2, 0.25) is 18.3 Å². The second-order valence-corrected chi connectivity index (χ2v) is 23.0. The summed E-state index contributed by atoms with van der Waals surface area (Å²) in [7, 11) is -3.44. The number of carbonyl (C=O) groups excluding carboxylic acids is 2. The molecule has 3 aromatic rings. The molecule has 0 aliphatic carbocycles. The van der Waals surface area contributed by atoms with Crippen LogP contribution in [0.2, 0.25) is 16.6 Å². The predicted molar refractivity (Wildman–Crippen MR) is 220 cm³/mol. The summed E-state index contributed by atoms with van der Waals surface area (Å²) < 4.78 is 54.2. The number of carbonyl (C=O) groups is 2. The Balaban J connectivity index is 1.64. The summed E-state index contributed by atoms with van der Waals surface area (Å²) >= 11 is 0. The van der Waals surface area contributed by atoms with Gasteiger partial charge in [-0.05, 0) is 77.5 Å². The molecule has 2 heterocycles. The maximum Gasteiger partial charge on any atom is 0.337 e. The largest absolute Gasteiger partial charge is 0.482 e. The fourth-order valence-corrected chi connectivity index (χ4v) is 15.7. The van der Waals surface area contributed by atoms with Crippen LogP contribution in [0.3, 0.4) is 0 Å². The minimum atomic E-state index is -3.90. The summed E-state index contributed by atoms with van der Waals surface area (Å²) in [6.45, 7) is 16.7. The minimum Gasteiger partial charge on any atom is -0.482 e. The van der Waals surface area contributed by atoms with E-state index >= 15 is 0 Å². The Morgan fingerprint density at radius 3 is 2.18 bits per heavy atom. The lowest BCUT2D eigenvalue weighted by Crippen LogP contribution is -2.57. The van der Waals surface area contributed by atoms with Crippen LogP contribution in [-0.4, -0.2) is 86.1 Å². The molecule has 2 aliphatic heterocycles. The molecule has 0 aromatic heterocycles. The van der Waals surface area contributed by atoms with Gasteiger partial charge >= 0.3 is 5.97 Å². The molecule has 5 rings (SSSR count). The number of ether oxygens (including phenoxy) is 3. The number of sulfonamides is 1. The van der Waals surface area contributed by atoms with Gasteiger partial charge in [0.25, 0.3) is 5.91 Å². The van der Waals surface area contributed by atoms with Crippen LogP contribution in [0.1, 0.15) is 80.9 Å². The lowest BCUT2D eigenvalue weighted by Gasteiger charge is -2.50. The van der Waals surface area contributed by atoms with Crippen molar-refractivity contribution in [2.75, 3.05) is 52.0 Å². The van der Waals surface area contributed by atoms with Crippen LogP contribution in [0.25, 0.3) is 6.08 Å². The number of fused-ring (bicyclic) bond motifs is 1. The first-order valence-electron chi connectivity index (χ1n) is 19.3. The van der Waals surface area contributed by atoms with Crippen molar-refractivity contribution < 1.29 is 36.6 Å². The van der Waals surface area contributed by atoms with Crippen molar-refractivity contribution in [3.8, 4) is 5.75 Å². The number of amides is 1. The Morgan fingerprint density at radius 2 is 1.58 bits per heavy atom. The number of hydrogen-bond acceptors (Lipinski definition) is 8. The number of methoxy groups -OCH3 is 2. The second kappa shape index (κ2) is 18.0. The quantitative estimate of drug-likeness (QED) is 0.0861. The number of benzene rings is 3. The first-order valence-corrected chi connectivity index (χ1v) is 22.9. The summed E-state index contributed by atoms with van der Waals surface area (Å²) in [6.07, 6.45) is 4.28. The molecule has 3 atom stereocenters. The Bertz CT molecular complexity index is 1910. The van der Waals surface area contributed by atoms with Crippen molar-refractivity contribution in [2.24, 2.45) is 5.92 Å². The van der Waals surface area contributed by atoms with E-state index in [-0.39, 0.29) is 59.0 Å². The van der Waals surface area contributed by atoms with E-state index in [2.05, 4.69) is 47.6 Å². The summed E-state index contributed by atoms with van der Waals surface area (Å²) in [5, 5.41) is 0. The monoisotopic (exact) mass is 790 g/mol. The highest BCUT2D eigenvalue weighted by Crippen LogP contribution is 2.47. The van der Waals surface area contributed by atoms with Crippen molar-refractivity contribution in [2.45, 2.75) is 88.4 Å². The SMILES string of the molecule is COCCCN1C(=O)COc2ccc(C=C[C@H]3CN(S(=O)(=O)c4ccc(C)cc4)C[C@@H](O[Si](C(C)C)(C(C)C)C(C)C)[C@@H]3c3ccc(C(=O)OC)cc3)cc21. The van der Waals surface area contributed by atoms with Gasteiger partial charge in [-0.15, -0.1) is 0 Å². The summed E-state index contributed by atoms with van der Waals surface area (Å²) in [6, 6.07) is 20.2.